The summed E-state index contributed by atoms with van der Waals surface area (Å²) < 4.78 is 19.3. The quantitative estimate of drug-likeness (QED) is 0.878. The molecule has 2 aromatic rings. The third-order valence-electron chi connectivity index (χ3n) is 5.17. The van der Waals surface area contributed by atoms with Crippen LogP contribution in [-0.2, 0) is 12.0 Å². The Hall–Kier alpha value is -1.98. The van der Waals surface area contributed by atoms with Crippen LogP contribution in [0.5, 0.6) is 5.88 Å². The molecule has 1 aliphatic heterocycles. The van der Waals surface area contributed by atoms with Crippen LogP contribution < -0.4 is 15.8 Å². The summed E-state index contributed by atoms with van der Waals surface area (Å²) in [4.78, 5) is 4.68. The molecule has 2 fully saturated rings. The van der Waals surface area contributed by atoms with Gasteiger partial charge in [-0.2, -0.15) is 0 Å². The molecule has 1 aromatic heterocycles. The minimum atomic E-state index is -0.473. The van der Waals surface area contributed by atoms with Crippen LogP contribution in [-0.4, -0.2) is 24.2 Å². The van der Waals surface area contributed by atoms with Crippen LogP contribution in [0, 0.1) is 17.7 Å². The van der Waals surface area contributed by atoms with Crippen molar-refractivity contribution in [3.63, 3.8) is 0 Å². The van der Waals surface area contributed by atoms with Gasteiger partial charge in [-0.05, 0) is 43.2 Å². The number of piperidine rings is 1. The van der Waals surface area contributed by atoms with Crippen LogP contribution >= 0.6 is 0 Å². The molecule has 1 unspecified atom stereocenters. The third kappa shape index (κ3) is 3.53. The number of nitrogens with two attached hydrogens (primary N) is 1. The van der Waals surface area contributed by atoms with E-state index < -0.39 is 5.54 Å². The summed E-state index contributed by atoms with van der Waals surface area (Å²) in [5.74, 6) is 1.63. The molecule has 4 rings (SSSR count). The highest BCUT2D eigenvalue weighted by Crippen LogP contribution is 2.44. The monoisotopic (exact) mass is 341 g/mol. The molecule has 4 nitrogen and oxygen atoms in total. The molecule has 0 spiro atoms. The molecule has 1 saturated carbocycles. The number of hydrogen-bond acceptors (Lipinski definition) is 4. The fourth-order valence-electron chi connectivity index (χ4n) is 3.57. The van der Waals surface area contributed by atoms with E-state index in [0.29, 0.717) is 24.1 Å². The first-order valence-corrected chi connectivity index (χ1v) is 8.82. The largest absolute Gasteiger partial charge is 0.474 e. The SMILES string of the molecule is CC(C)(N)c1cc(Cc2ccc(F)cc2)nc(OC2[C@H]3CNC[C@@H]23)c1. The van der Waals surface area contributed by atoms with Gasteiger partial charge in [-0.1, -0.05) is 12.1 Å². The smallest absolute Gasteiger partial charge is 0.214 e. The molecule has 5 heteroatoms. The van der Waals surface area contributed by atoms with E-state index in [1.54, 1.807) is 12.1 Å². The molecule has 0 radical (unpaired) electrons. The highest BCUT2D eigenvalue weighted by atomic mass is 19.1. The molecule has 2 aliphatic rings. The molecule has 25 heavy (non-hydrogen) atoms. The van der Waals surface area contributed by atoms with Gasteiger partial charge in [0.15, 0.2) is 0 Å². The number of nitrogens with one attached hydrogen (secondary N) is 1. The Morgan fingerprint density at radius 2 is 1.88 bits per heavy atom. The minimum absolute atomic E-state index is 0.230. The maximum Gasteiger partial charge on any atom is 0.214 e. The highest BCUT2D eigenvalue weighted by molar-refractivity contribution is 5.33. The molecule has 0 bridgehead atoms. The molecule has 0 amide bonds. The predicted octanol–water partition coefficient (Wildman–Crippen LogP) is 2.60. The lowest BCUT2D eigenvalue weighted by Gasteiger charge is -2.21. The number of ether oxygens (including phenoxy) is 1. The van der Waals surface area contributed by atoms with E-state index >= 15 is 0 Å². The Kier molecular flexibility index (Phi) is 4.01. The number of halogens is 1. The van der Waals surface area contributed by atoms with Crippen molar-refractivity contribution in [1.82, 2.24) is 10.3 Å². The van der Waals surface area contributed by atoms with Crippen molar-refractivity contribution >= 4 is 0 Å². The second-order valence-corrected chi connectivity index (χ2v) is 7.78. The first kappa shape index (κ1) is 16.5. The summed E-state index contributed by atoms with van der Waals surface area (Å²) in [5.41, 5.74) is 8.73. The summed E-state index contributed by atoms with van der Waals surface area (Å²) in [6, 6.07) is 10.5. The van der Waals surface area contributed by atoms with E-state index in [9.17, 15) is 4.39 Å². The fourth-order valence-corrected chi connectivity index (χ4v) is 3.57. The predicted molar refractivity (Wildman–Crippen MR) is 94.9 cm³/mol. The maximum absolute atomic E-state index is 13.1. The Morgan fingerprint density at radius 1 is 1.20 bits per heavy atom. The van der Waals surface area contributed by atoms with Gasteiger partial charge in [0.25, 0.3) is 0 Å². The van der Waals surface area contributed by atoms with Crippen LogP contribution in [0.1, 0.15) is 30.7 Å². The Morgan fingerprint density at radius 3 is 2.52 bits per heavy atom. The van der Waals surface area contributed by atoms with E-state index in [1.807, 2.05) is 26.0 Å². The molecular formula is C20H24FN3O. The van der Waals surface area contributed by atoms with Gasteiger partial charge >= 0.3 is 0 Å². The molecule has 3 N–H and O–H groups in total. The number of benzene rings is 1. The van der Waals surface area contributed by atoms with Gasteiger partial charge in [0.1, 0.15) is 11.9 Å². The summed E-state index contributed by atoms with van der Waals surface area (Å²) in [6.45, 7) is 6.01. The molecule has 1 aromatic carbocycles. The zero-order chi connectivity index (χ0) is 17.6. The van der Waals surface area contributed by atoms with Crippen molar-refractivity contribution in [3.8, 4) is 5.88 Å². The van der Waals surface area contributed by atoms with Crippen molar-refractivity contribution in [2.75, 3.05) is 13.1 Å². The van der Waals surface area contributed by atoms with Crippen LogP contribution in [0.25, 0.3) is 0 Å². The standard InChI is InChI=1S/C20H24FN3O/c1-20(2,22)13-8-15(7-12-3-5-14(21)6-4-12)24-18(9-13)25-19-16-10-23-11-17(16)19/h3-6,8-9,16-17,19,23H,7,10-11,22H2,1-2H3/t16-,17+,19?. The van der Waals surface area contributed by atoms with Gasteiger partial charge in [-0.3, -0.25) is 0 Å². The van der Waals surface area contributed by atoms with E-state index in [1.165, 1.54) is 12.1 Å². The number of nitrogens with zero attached hydrogens (tertiary/aromatic N) is 1. The lowest BCUT2D eigenvalue weighted by Crippen LogP contribution is -2.29. The van der Waals surface area contributed by atoms with Crippen LogP contribution in [0.2, 0.25) is 0 Å². The molecular weight excluding hydrogens is 317 g/mol. The summed E-state index contributed by atoms with van der Waals surface area (Å²) in [5, 5.41) is 3.37. The average Bonchev–Trinajstić information content (AvgIpc) is 2.98. The van der Waals surface area contributed by atoms with E-state index in [4.69, 9.17) is 10.5 Å². The van der Waals surface area contributed by atoms with Crippen molar-refractivity contribution < 1.29 is 9.13 Å². The summed E-state index contributed by atoms with van der Waals surface area (Å²) in [6.07, 6.45) is 0.892. The Bertz CT molecular complexity index is 760. The van der Waals surface area contributed by atoms with Crippen molar-refractivity contribution in [2.24, 2.45) is 17.6 Å². The number of hydrogen-bond donors (Lipinski definition) is 2. The van der Waals surface area contributed by atoms with Crippen LogP contribution in [0.15, 0.2) is 36.4 Å². The molecule has 2 heterocycles. The molecule has 1 saturated heterocycles. The van der Waals surface area contributed by atoms with Gasteiger partial charge in [-0.25, -0.2) is 9.37 Å². The maximum atomic E-state index is 13.1. The van der Waals surface area contributed by atoms with Gasteiger partial charge in [0, 0.05) is 48.6 Å². The van der Waals surface area contributed by atoms with Gasteiger partial charge in [-0.15, -0.1) is 0 Å². The Labute approximate surface area is 147 Å². The molecule has 3 atom stereocenters. The van der Waals surface area contributed by atoms with Gasteiger partial charge in [0.2, 0.25) is 5.88 Å². The zero-order valence-corrected chi connectivity index (χ0v) is 14.6. The van der Waals surface area contributed by atoms with E-state index in [2.05, 4.69) is 10.3 Å². The zero-order valence-electron chi connectivity index (χ0n) is 14.6. The van der Waals surface area contributed by atoms with Crippen molar-refractivity contribution in [3.05, 3.63) is 59.0 Å². The van der Waals surface area contributed by atoms with Gasteiger partial charge in [0.05, 0.1) is 0 Å². The fraction of sp³-hybridized carbons (Fsp3) is 0.450. The number of pyridine rings is 1. The van der Waals surface area contributed by atoms with Crippen molar-refractivity contribution in [1.29, 1.82) is 0 Å². The first-order chi connectivity index (χ1) is 11.9. The number of rotatable bonds is 5. The molecule has 132 valence electrons. The Balaban J connectivity index is 1.58. The number of aromatic nitrogens is 1. The highest BCUT2D eigenvalue weighted by Gasteiger charge is 2.55. The lowest BCUT2D eigenvalue weighted by molar-refractivity contribution is 0.250. The molecule has 1 aliphatic carbocycles. The van der Waals surface area contributed by atoms with Crippen molar-refractivity contribution in [2.45, 2.75) is 31.9 Å². The van der Waals surface area contributed by atoms with Crippen LogP contribution in [0.4, 0.5) is 4.39 Å². The first-order valence-electron chi connectivity index (χ1n) is 8.82. The summed E-state index contributed by atoms with van der Waals surface area (Å²) in [7, 11) is 0. The van der Waals surface area contributed by atoms with E-state index in [-0.39, 0.29) is 11.9 Å². The topological polar surface area (TPSA) is 60.2 Å². The second kappa shape index (κ2) is 6.07. The lowest BCUT2D eigenvalue weighted by atomic mass is 9.95. The van der Waals surface area contributed by atoms with Crippen LogP contribution in [0.3, 0.4) is 0 Å². The average molecular weight is 341 g/mol. The minimum Gasteiger partial charge on any atom is -0.474 e. The van der Waals surface area contributed by atoms with E-state index in [0.717, 1.165) is 29.9 Å². The summed E-state index contributed by atoms with van der Waals surface area (Å²) >= 11 is 0. The number of fused-ring (bicyclic) bond motifs is 1. The van der Waals surface area contributed by atoms with Gasteiger partial charge < -0.3 is 15.8 Å². The normalized spacial score (nSPS) is 24.9. The second-order valence-electron chi connectivity index (χ2n) is 7.78. The third-order valence-corrected chi connectivity index (χ3v) is 5.17.